The minimum absolute atomic E-state index is 0.150. The van der Waals surface area contributed by atoms with Crippen LogP contribution in [0.15, 0.2) is 53.3 Å². The number of carbonyl (C=O) groups excluding carboxylic acids is 1. The zero-order valence-electron chi connectivity index (χ0n) is 14.5. The highest BCUT2D eigenvalue weighted by atomic mass is 32.1. The first kappa shape index (κ1) is 18.5. The second-order valence-corrected chi connectivity index (χ2v) is 6.07. The van der Waals surface area contributed by atoms with Crippen LogP contribution in [0.3, 0.4) is 0 Å². The molecule has 3 aromatic rings. The molecule has 0 aliphatic carbocycles. The summed E-state index contributed by atoms with van der Waals surface area (Å²) in [6, 6.07) is 7.40. The molecule has 138 valence electrons. The van der Waals surface area contributed by atoms with Crippen molar-refractivity contribution in [3.63, 3.8) is 0 Å². The van der Waals surface area contributed by atoms with Gasteiger partial charge in [-0.15, -0.1) is 11.3 Å². The Morgan fingerprint density at radius 3 is 3.11 bits per heavy atom. The van der Waals surface area contributed by atoms with Crippen molar-refractivity contribution in [2.24, 2.45) is 5.10 Å². The van der Waals surface area contributed by atoms with Gasteiger partial charge in [0.15, 0.2) is 0 Å². The van der Waals surface area contributed by atoms with Crippen LogP contribution in [0.5, 0.6) is 11.6 Å². The largest absolute Gasteiger partial charge is 0.466 e. The fourth-order valence-electron chi connectivity index (χ4n) is 2.08. The zero-order valence-corrected chi connectivity index (χ0v) is 15.3. The molecule has 0 unspecified atom stereocenters. The van der Waals surface area contributed by atoms with E-state index < -0.39 is 0 Å². The third-order valence-electron chi connectivity index (χ3n) is 3.18. The van der Waals surface area contributed by atoms with Crippen LogP contribution >= 0.6 is 11.3 Å². The Morgan fingerprint density at radius 1 is 1.37 bits per heavy atom. The molecular weight excluding hydrogens is 366 g/mol. The number of esters is 1. The van der Waals surface area contributed by atoms with Gasteiger partial charge in [-0.3, -0.25) is 15.2 Å². The SMILES string of the molecule is CCOC(=O)Cc1csc(NN=Cc2cccc(Oc3cnccn3)c2)n1. The number of rotatable bonds is 8. The summed E-state index contributed by atoms with van der Waals surface area (Å²) in [7, 11) is 0. The lowest BCUT2D eigenvalue weighted by Gasteiger charge is -2.04. The van der Waals surface area contributed by atoms with Gasteiger partial charge in [0, 0.05) is 17.8 Å². The Kier molecular flexibility index (Phi) is 6.42. The summed E-state index contributed by atoms with van der Waals surface area (Å²) in [5.74, 6) is 0.754. The molecular formula is C18H17N5O3S. The van der Waals surface area contributed by atoms with Crippen LogP contribution in [0.2, 0.25) is 0 Å². The Hall–Kier alpha value is -3.33. The normalized spacial score (nSPS) is 10.7. The van der Waals surface area contributed by atoms with Gasteiger partial charge in [-0.2, -0.15) is 5.10 Å². The fraction of sp³-hybridized carbons (Fsp3) is 0.167. The molecule has 0 atom stereocenters. The van der Waals surface area contributed by atoms with Crippen LogP contribution < -0.4 is 10.2 Å². The van der Waals surface area contributed by atoms with Crippen molar-refractivity contribution in [3.8, 4) is 11.6 Å². The number of hydrogen-bond acceptors (Lipinski definition) is 9. The lowest BCUT2D eigenvalue weighted by atomic mass is 10.2. The van der Waals surface area contributed by atoms with Crippen LogP contribution in [0.1, 0.15) is 18.2 Å². The molecule has 2 heterocycles. The molecule has 2 aromatic heterocycles. The molecule has 3 rings (SSSR count). The molecule has 8 nitrogen and oxygen atoms in total. The Bertz CT molecular complexity index is 914. The van der Waals surface area contributed by atoms with Gasteiger partial charge in [0.1, 0.15) is 5.75 Å². The molecule has 27 heavy (non-hydrogen) atoms. The van der Waals surface area contributed by atoms with Crippen molar-refractivity contribution in [2.75, 3.05) is 12.0 Å². The maximum Gasteiger partial charge on any atom is 0.311 e. The maximum absolute atomic E-state index is 11.5. The predicted molar refractivity (Wildman–Crippen MR) is 102 cm³/mol. The van der Waals surface area contributed by atoms with Crippen molar-refractivity contribution in [2.45, 2.75) is 13.3 Å². The van der Waals surface area contributed by atoms with E-state index in [9.17, 15) is 4.79 Å². The van der Waals surface area contributed by atoms with Gasteiger partial charge < -0.3 is 9.47 Å². The van der Waals surface area contributed by atoms with Crippen LogP contribution in [0, 0.1) is 0 Å². The number of benzene rings is 1. The van der Waals surface area contributed by atoms with Gasteiger partial charge in [-0.25, -0.2) is 9.97 Å². The van der Waals surface area contributed by atoms with E-state index in [1.165, 1.54) is 11.3 Å². The molecule has 1 aromatic carbocycles. The summed E-state index contributed by atoms with van der Waals surface area (Å²) < 4.78 is 10.5. The van der Waals surface area contributed by atoms with E-state index >= 15 is 0 Å². The van der Waals surface area contributed by atoms with Gasteiger partial charge in [-0.1, -0.05) is 12.1 Å². The molecule has 0 radical (unpaired) electrons. The summed E-state index contributed by atoms with van der Waals surface area (Å²) in [4.78, 5) is 23.8. The van der Waals surface area contributed by atoms with Gasteiger partial charge in [0.2, 0.25) is 11.0 Å². The van der Waals surface area contributed by atoms with E-state index in [0.717, 1.165) is 5.56 Å². The minimum atomic E-state index is -0.294. The molecule has 0 saturated heterocycles. The number of aromatic nitrogens is 3. The van der Waals surface area contributed by atoms with Gasteiger partial charge >= 0.3 is 5.97 Å². The lowest BCUT2D eigenvalue weighted by Crippen LogP contribution is -2.07. The number of hydrazone groups is 1. The molecule has 0 fully saturated rings. The Morgan fingerprint density at radius 2 is 2.30 bits per heavy atom. The van der Waals surface area contributed by atoms with Crippen molar-refractivity contribution in [1.29, 1.82) is 0 Å². The summed E-state index contributed by atoms with van der Waals surface area (Å²) in [5.41, 5.74) is 4.34. The quantitative estimate of drug-likeness (QED) is 0.362. The topological polar surface area (TPSA) is 98.6 Å². The number of anilines is 1. The highest BCUT2D eigenvalue weighted by Gasteiger charge is 2.07. The third kappa shape index (κ3) is 5.86. The van der Waals surface area contributed by atoms with E-state index in [0.29, 0.717) is 29.1 Å². The molecule has 0 aliphatic rings. The van der Waals surface area contributed by atoms with Gasteiger partial charge in [0.05, 0.1) is 31.1 Å². The second kappa shape index (κ2) is 9.39. The van der Waals surface area contributed by atoms with Gasteiger partial charge in [0.25, 0.3) is 0 Å². The highest BCUT2D eigenvalue weighted by Crippen LogP contribution is 2.19. The predicted octanol–water partition coefficient (Wildman–Crippen LogP) is 3.28. The summed E-state index contributed by atoms with van der Waals surface area (Å²) >= 11 is 1.37. The van der Waals surface area contributed by atoms with Gasteiger partial charge in [-0.05, 0) is 24.6 Å². The van der Waals surface area contributed by atoms with Crippen molar-refractivity contribution in [1.82, 2.24) is 15.0 Å². The van der Waals surface area contributed by atoms with Crippen LogP contribution in [0.4, 0.5) is 5.13 Å². The Balaban J connectivity index is 1.56. The van der Waals surface area contributed by atoms with Crippen molar-refractivity contribution < 1.29 is 14.3 Å². The average molecular weight is 383 g/mol. The maximum atomic E-state index is 11.5. The number of nitrogens with zero attached hydrogens (tertiary/aromatic N) is 4. The zero-order chi connectivity index (χ0) is 18.9. The van der Waals surface area contributed by atoms with E-state index in [4.69, 9.17) is 9.47 Å². The van der Waals surface area contributed by atoms with E-state index in [-0.39, 0.29) is 12.4 Å². The highest BCUT2D eigenvalue weighted by molar-refractivity contribution is 7.13. The van der Waals surface area contributed by atoms with Crippen LogP contribution in [-0.2, 0) is 16.0 Å². The van der Waals surface area contributed by atoms with Crippen LogP contribution in [0.25, 0.3) is 0 Å². The number of ether oxygens (including phenoxy) is 2. The molecule has 0 aliphatic heterocycles. The smallest absolute Gasteiger partial charge is 0.311 e. The summed E-state index contributed by atoms with van der Waals surface area (Å²) in [6.45, 7) is 2.13. The number of hydrogen-bond donors (Lipinski definition) is 1. The number of carbonyl (C=O) groups is 1. The molecule has 0 amide bonds. The summed E-state index contributed by atoms with van der Waals surface area (Å²) in [5, 5.41) is 6.55. The number of nitrogens with one attached hydrogen (secondary N) is 1. The average Bonchev–Trinajstić information content (AvgIpc) is 3.10. The Labute approximate surface area is 159 Å². The first-order valence-electron chi connectivity index (χ1n) is 8.16. The molecule has 1 N–H and O–H groups in total. The molecule has 0 saturated carbocycles. The van der Waals surface area contributed by atoms with Crippen molar-refractivity contribution in [3.05, 3.63) is 59.5 Å². The van der Waals surface area contributed by atoms with E-state index in [1.54, 1.807) is 37.1 Å². The third-order valence-corrected chi connectivity index (χ3v) is 3.97. The standard InChI is InChI=1S/C18H17N5O3S/c1-2-25-17(24)9-14-12-27-18(22-14)23-21-10-13-4-3-5-15(8-13)26-16-11-19-6-7-20-16/h3-8,10-12H,2,9H2,1H3,(H,22,23). The molecule has 0 bridgehead atoms. The lowest BCUT2D eigenvalue weighted by molar-refractivity contribution is -0.142. The first-order chi connectivity index (χ1) is 13.2. The van der Waals surface area contributed by atoms with Crippen LogP contribution in [-0.4, -0.2) is 33.7 Å². The second-order valence-electron chi connectivity index (χ2n) is 5.21. The van der Waals surface area contributed by atoms with E-state index in [1.807, 2.05) is 24.3 Å². The fourth-order valence-corrected chi connectivity index (χ4v) is 2.74. The van der Waals surface area contributed by atoms with E-state index in [2.05, 4.69) is 25.5 Å². The number of thiazole rings is 1. The molecule has 0 spiro atoms. The summed E-state index contributed by atoms with van der Waals surface area (Å²) in [6.07, 6.45) is 6.49. The van der Waals surface area contributed by atoms with Crippen molar-refractivity contribution >= 4 is 28.7 Å². The first-order valence-corrected chi connectivity index (χ1v) is 9.04. The molecule has 9 heteroatoms. The monoisotopic (exact) mass is 383 g/mol. The minimum Gasteiger partial charge on any atom is -0.466 e.